The van der Waals surface area contributed by atoms with Crippen LogP contribution in [0.3, 0.4) is 0 Å². The van der Waals surface area contributed by atoms with Crippen molar-refractivity contribution < 1.29 is 33.6 Å². The monoisotopic (exact) mass is 404 g/mol. The van der Waals surface area contributed by atoms with Crippen molar-refractivity contribution in [1.29, 1.82) is 0 Å². The highest BCUT2D eigenvalue weighted by atomic mass is 16.7. The van der Waals surface area contributed by atoms with Gasteiger partial charge in [-0.1, -0.05) is 25.3 Å². The Balaban J connectivity index is 2.39. The highest BCUT2D eigenvalue weighted by Gasteiger charge is 2.36. The van der Waals surface area contributed by atoms with Crippen LogP contribution in [0, 0.1) is 10.1 Å². The molecular weight excluding hydrogens is 384 g/mol. The second kappa shape index (κ2) is 9.49. The van der Waals surface area contributed by atoms with E-state index in [1.807, 2.05) is 0 Å². The van der Waals surface area contributed by atoms with Crippen LogP contribution in [-0.2, 0) is 19.2 Å². The van der Waals surface area contributed by atoms with Crippen LogP contribution in [0.15, 0.2) is 37.4 Å². The van der Waals surface area contributed by atoms with E-state index in [0.717, 1.165) is 6.07 Å². The van der Waals surface area contributed by atoms with E-state index in [9.17, 15) is 24.5 Å². The predicted octanol–water partition coefficient (Wildman–Crippen LogP) is 2.44. The summed E-state index contributed by atoms with van der Waals surface area (Å²) in [5.41, 5.74) is -0.428. The largest absolute Gasteiger partial charge is 0.486 e. The molecule has 154 valence electrons. The molecule has 0 aliphatic carbocycles. The molecule has 10 nitrogen and oxygen atoms in total. The van der Waals surface area contributed by atoms with Crippen molar-refractivity contribution in [3.05, 3.63) is 53.1 Å². The zero-order chi connectivity index (χ0) is 21.6. The van der Waals surface area contributed by atoms with Crippen LogP contribution in [0.4, 0.5) is 5.69 Å². The number of carbonyl (C=O) groups is 3. The number of benzene rings is 1. The van der Waals surface area contributed by atoms with Gasteiger partial charge in [0.05, 0.1) is 16.9 Å². The molecule has 0 bridgehead atoms. The maximum atomic E-state index is 12.5. The number of carbonyl (C=O) groups excluding carboxylic acids is 3. The molecule has 1 heterocycles. The van der Waals surface area contributed by atoms with E-state index in [1.165, 1.54) is 25.1 Å². The Kier molecular flexibility index (Phi) is 7.07. The van der Waals surface area contributed by atoms with E-state index in [-0.39, 0.29) is 43.1 Å². The Morgan fingerprint density at radius 2 is 1.69 bits per heavy atom. The second-order valence-electron chi connectivity index (χ2n) is 6.03. The number of amides is 2. The number of nitro benzene ring substituents is 1. The fourth-order valence-corrected chi connectivity index (χ4v) is 2.55. The summed E-state index contributed by atoms with van der Waals surface area (Å²) in [6.45, 7) is 8.59. The first-order chi connectivity index (χ1) is 13.8. The van der Waals surface area contributed by atoms with Crippen LogP contribution in [0.1, 0.15) is 31.2 Å². The lowest BCUT2D eigenvalue weighted by Gasteiger charge is -2.18. The second-order valence-corrected chi connectivity index (χ2v) is 6.03. The van der Waals surface area contributed by atoms with Gasteiger partial charge in [0.2, 0.25) is 0 Å². The molecule has 0 spiro atoms. The minimum atomic E-state index is -1.17. The van der Waals surface area contributed by atoms with Gasteiger partial charge < -0.3 is 14.3 Å². The van der Waals surface area contributed by atoms with Gasteiger partial charge in [-0.05, 0) is 13.0 Å². The van der Waals surface area contributed by atoms with Crippen LogP contribution < -0.4 is 9.47 Å². The first-order valence-electron chi connectivity index (χ1n) is 8.67. The van der Waals surface area contributed by atoms with Crippen molar-refractivity contribution in [2.45, 2.75) is 25.7 Å². The number of hydrogen-bond donors (Lipinski definition) is 0. The Labute approximate surface area is 166 Å². The molecule has 29 heavy (non-hydrogen) atoms. The summed E-state index contributed by atoms with van der Waals surface area (Å²) in [5, 5.41) is 11.9. The highest BCUT2D eigenvalue weighted by molar-refractivity contribution is 6.01. The molecule has 0 radical (unpaired) electrons. The first kappa shape index (κ1) is 21.6. The Bertz CT molecular complexity index is 848. The van der Waals surface area contributed by atoms with Crippen molar-refractivity contribution >= 4 is 23.5 Å². The molecule has 2 amide bonds. The van der Waals surface area contributed by atoms with Gasteiger partial charge in [0.25, 0.3) is 17.5 Å². The molecule has 0 saturated carbocycles. The average molecular weight is 404 g/mol. The summed E-state index contributed by atoms with van der Waals surface area (Å²) in [6.07, 6.45) is 2.81. The molecule has 1 atom stereocenters. The zero-order valence-corrected chi connectivity index (χ0v) is 15.8. The third-order valence-electron chi connectivity index (χ3n) is 4.01. The fraction of sp³-hybridized carbons (Fsp3) is 0.316. The molecule has 1 unspecified atom stereocenters. The van der Waals surface area contributed by atoms with Gasteiger partial charge in [-0.2, -0.15) is 0 Å². The van der Waals surface area contributed by atoms with E-state index >= 15 is 0 Å². The quantitative estimate of drug-likeness (QED) is 0.252. The fourth-order valence-electron chi connectivity index (χ4n) is 2.55. The lowest BCUT2D eigenvalue weighted by atomic mass is 9.98. The third-order valence-corrected chi connectivity index (χ3v) is 4.01. The van der Waals surface area contributed by atoms with Crippen molar-refractivity contribution in [2.24, 2.45) is 0 Å². The number of rotatable bonds is 10. The number of hydroxylamine groups is 2. The van der Waals surface area contributed by atoms with Gasteiger partial charge in [0.1, 0.15) is 13.2 Å². The topological polar surface area (TPSA) is 125 Å². The van der Waals surface area contributed by atoms with Crippen molar-refractivity contribution in [3.8, 4) is 11.5 Å². The summed E-state index contributed by atoms with van der Waals surface area (Å²) < 4.78 is 10.9. The van der Waals surface area contributed by atoms with E-state index in [4.69, 9.17) is 14.3 Å². The standard InChI is InChI=1S/C19H20N2O8/c1-4-8-27-15-10-13(14(21(25)26)11-16(15)28-9-5-2)12(3)19(24)29-20-17(22)6-7-18(20)23/h4-5,10-12H,1-2,6-9H2,3H3. The van der Waals surface area contributed by atoms with Gasteiger partial charge >= 0.3 is 5.97 Å². The van der Waals surface area contributed by atoms with Crippen LogP contribution >= 0.6 is 0 Å². The molecule has 10 heteroatoms. The third kappa shape index (κ3) is 4.98. The number of imide groups is 1. The van der Waals surface area contributed by atoms with E-state index in [1.54, 1.807) is 0 Å². The van der Waals surface area contributed by atoms with Crippen LogP contribution in [0.5, 0.6) is 11.5 Å². The summed E-state index contributed by atoms with van der Waals surface area (Å²) in [7, 11) is 0. The Morgan fingerprint density at radius 3 is 2.17 bits per heavy atom. The lowest BCUT2D eigenvalue weighted by molar-refractivity contribution is -0.385. The van der Waals surface area contributed by atoms with Gasteiger partial charge in [-0.25, -0.2) is 4.79 Å². The summed E-state index contributed by atoms with van der Waals surface area (Å²) in [5.74, 6) is -3.21. The average Bonchev–Trinajstić information content (AvgIpc) is 3.01. The Morgan fingerprint density at radius 1 is 1.17 bits per heavy atom. The maximum Gasteiger partial charge on any atom is 0.340 e. The zero-order valence-electron chi connectivity index (χ0n) is 15.8. The van der Waals surface area contributed by atoms with Crippen LogP contribution in [0.2, 0.25) is 0 Å². The lowest BCUT2D eigenvalue weighted by Crippen LogP contribution is -2.33. The van der Waals surface area contributed by atoms with Crippen molar-refractivity contribution in [1.82, 2.24) is 5.06 Å². The van der Waals surface area contributed by atoms with Gasteiger partial charge in [0.15, 0.2) is 11.5 Å². The molecule has 1 aromatic rings. The molecule has 0 N–H and O–H groups in total. The van der Waals surface area contributed by atoms with Crippen LogP contribution in [-0.4, -0.2) is 41.0 Å². The van der Waals surface area contributed by atoms with E-state index in [0.29, 0.717) is 5.06 Å². The summed E-state index contributed by atoms with van der Waals surface area (Å²) in [4.78, 5) is 51.5. The summed E-state index contributed by atoms with van der Waals surface area (Å²) >= 11 is 0. The Hall–Kier alpha value is -3.69. The number of nitrogens with zero attached hydrogens (tertiary/aromatic N) is 2. The van der Waals surface area contributed by atoms with Crippen molar-refractivity contribution in [3.63, 3.8) is 0 Å². The van der Waals surface area contributed by atoms with Crippen LogP contribution in [0.25, 0.3) is 0 Å². The smallest absolute Gasteiger partial charge is 0.340 e. The first-order valence-corrected chi connectivity index (χ1v) is 8.67. The van der Waals surface area contributed by atoms with Gasteiger partial charge in [-0.3, -0.25) is 19.7 Å². The molecular formula is C19H20N2O8. The summed E-state index contributed by atoms with van der Waals surface area (Å²) in [6, 6.07) is 2.42. The molecule has 1 saturated heterocycles. The predicted molar refractivity (Wildman–Crippen MR) is 100 cm³/mol. The normalized spacial score (nSPS) is 14.3. The highest BCUT2D eigenvalue weighted by Crippen LogP contribution is 2.39. The molecule has 2 rings (SSSR count). The van der Waals surface area contributed by atoms with Gasteiger partial charge in [0, 0.05) is 18.4 Å². The van der Waals surface area contributed by atoms with Crippen molar-refractivity contribution in [2.75, 3.05) is 13.2 Å². The molecule has 1 aliphatic rings. The molecule has 1 fully saturated rings. The number of ether oxygens (including phenoxy) is 2. The maximum absolute atomic E-state index is 12.5. The van der Waals surface area contributed by atoms with Gasteiger partial charge in [-0.15, -0.1) is 5.06 Å². The number of nitro groups is 1. The minimum Gasteiger partial charge on any atom is -0.486 e. The molecule has 1 aliphatic heterocycles. The number of hydrogen-bond acceptors (Lipinski definition) is 8. The molecule has 0 aromatic heterocycles. The minimum absolute atomic E-state index is 0.0240. The van der Waals surface area contributed by atoms with E-state index < -0.39 is 34.3 Å². The molecule has 1 aromatic carbocycles. The van der Waals surface area contributed by atoms with E-state index in [2.05, 4.69) is 13.2 Å². The SMILES string of the molecule is C=CCOc1cc(C(C)C(=O)ON2C(=O)CCC2=O)c([N+](=O)[O-])cc1OCC=C.